The van der Waals surface area contributed by atoms with Crippen LogP contribution in [0.15, 0.2) is 30.3 Å². The zero-order valence-electron chi connectivity index (χ0n) is 14.6. The predicted octanol–water partition coefficient (Wildman–Crippen LogP) is 0.0826. The van der Waals surface area contributed by atoms with E-state index in [0.717, 1.165) is 5.56 Å². The molecule has 1 aliphatic rings. The first-order chi connectivity index (χ1) is 11.9. The molecule has 136 valence electrons. The number of benzene rings is 1. The minimum atomic E-state index is -0.800. The second-order valence-corrected chi connectivity index (χ2v) is 6.50. The Hall–Kier alpha value is -2.41. The molecule has 1 heterocycles. The van der Waals surface area contributed by atoms with Gasteiger partial charge in [0.15, 0.2) is 6.10 Å². The molecule has 2 unspecified atom stereocenters. The van der Waals surface area contributed by atoms with Crippen molar-refractivity contribution in [3.8, 4) is 0 Å². The Bertz CT molecular complexity index is 618. The highest BCUT2D eigenvalue weighted by Gasteiger charge is 2.33. The van der Waals surface area contributed by atoms with Crippen LogP contribution >= 0.6 is 0 Å². The molecule has 0 bridgehead atoms. The number of morpholine rings is 1. The van der Waals surface area contributed by atoms with Crippen LogP contribution in [0.3, 0.4) is 0 Å². The number of hydrogen-bond donors (Lipinski definition) is 2. The van der Waals surface area contributed by atoms with Crippen molar-refractivity contribution in [2.45, 2.75) is 32.4 Å². The largest absolute Gasteiger partial charge is 0.367 e. The molecule has 1 aliphatic heterocycles. The van der Waals surface area contributed by atoms with Crippen molar-refractivity contribution in [3.63, 3.8) is 0 Å². The highest BCUT2D eigenvalue weighted by Crippen LogP contribution is 2.12. The first-order valence-electron chi connectivity index (χ1n) is 8.41. The number of nitrogens with zero attached hydrogens (tertiary/aromatic N) is 1. The van der Waals surface area contributed by atoms with Crippen molar-refractivity contribution in [2.75, 3.05) is 19.7 Å². The third-order valence-corrected chi connectivity index (χ3v) is 4.15. The van der Waals surface area contributed by atoms with Crippen LogP contribution in [0.1, 0.15) is 19.4 Å². The fourth-order valence-corrected chi connectivity index (χ4v) is 2.74. The average molecular weight is 347 g/mol. The van der Waals surface area contributed by atoms with Crippen LogP contribution < -0.4 is 11.1 Å². The van der Waals surface area contributed by atoms with E-state index in [1.807, 2.05) is 44.2 Å². The lowest BCUT2D eigenvalue weighted by molar-refractivity contribution is -0.148. The van der Waals surface area contributed by atoms with E-state index in [1.165, 1.54) is 4.90 Å². The van der Waals surface area contributed by atoms with Gasteiger partial charge in [-0.2, -0.15) is 0 Å². The molecule has 2 rings (SSSR count). The van der Waals surface area contributed by atoms with Gasteiger partial charge in [0.25, 0.3) is 0 Å². The van der Waals surface area contributed by atoms with Gasteiger partial charge in [-0.1, -0.05) is 44.2 Å². The molecule has 1 fully saturated rings. The van der Waals surface area contributed by atoms with Gasteiger partial charge in [0.1, 0.15) is 6.04 Å². The van der Waals surface area contributed by atoms with Crippen molar-refractivity contribution >= 4 is 17.7 Å². The Morgan fingerprint density at radius 2 is 1.96 bits per heavy atom. The van der Waals surface area contributed by atoms with E-state index in [0.29, 0.717) is 6.54 Å². The first kappa shape index (κ1) is 18.9. The zero-order valence-corrected chi connectivity index (χ0v) is 14.6. The topological polar surface area (TPSA) is 102 Å². The summed E-state index contributed by atoms with van der Waals surface area (Å²) in [6.07, 6.45) is -0.588. The highest BCUT2D eigenvalue weighted by atomic mass is 16.5. The molecule has 0 aromatic heterocycles. The third-order valence-electron chi connectivity index (χ3n) is 4.15. The average Bonchev–Trinajstić information content (AvgIpc) is 2.60. The molecule has 1 aromatic carbocycles. The van der Waals surface area contributed by atoms with Gasteiger partial charge in [-0.05, 0) is 11.5 Å². The lowest BCUT2D eigenvalue weighted by atomic mass is 10.0. The monoisotopic (exact) mass is 347 g/mol. The standard InChI is InChI=1S/C18H25N3O4/c1-12(2)16(20-15(22)10-13-6-4-3-5-7-13)18(24)21-8-9-25-14(11-21)17(19)23/h3-7,12,14,16H,8-11H2,1-2H3,(H2,19,23)(H,20,22). The van der Waals surface area contributed by atoms with E-state index in [1.54, 1.807) is 0 Å². The molecule has 0 saturated carbocycles. The Morgan fingerprint density at radius 3 is 2.56 bits per heavy atom. The number of carbonyl (C=O) groups is 3. The molecule has 7 heteroatoms. The summed E-state index contributed by atoms with van der Waals surface area (Å²) < 4.78 is 5.26. The summed E-state index contributed by atoms with van der Waals surface area (Å²) in [6, 6.07) is 8.70. The van der Waals surface area contributed by atoms with Crippen LogP contribution in [-0.4, -0.2) is 54.5 Å². The van der Waals surface area contributed by atoms with Crippen molar-refractivity contribution < 1.29 is 19.1 Å². The second-order valence-electron chi connectivity index (χ2n) is 6.50. The molecule has 7 nitrogen and oxygen atoms in total. The van der Waals surface area contributed by atoms with Crippen LogP contribution in [0.4, 0.5) is 0 Å². The van der Waals surface area contributed by atoms with Gasteiger partial charge in [0, 0.05) is 6.54 Å². The molecule has 25 heavy (non-hydrogen) atoms. The van der Waals surface area contributed by atoms with Crippen molar-refractivity contribution in [2.24, 2.45) is 11.7 Å². The maximum atomic E-state index is 12.8. The minimum absolute atomic E-state index is 0.0814. The summed E-state index contributed by atoms with van der Waals surface area (Å²) in [5.74, 6) is -1.10. The summed E-state index contributed by atoms with van der Waals surface area (Å²) >= 11 is 0. The van der Waals surface area contributed by atoms with Crippen LogP contribution in [0.5, 0.6) is 0 Å². The summed E-state index contributed by atoms with van der Waals surface area (Å²) in [5.41, 5.74) is 6.14. The Morgan fingerprint density at radius 1 is 1.28 bits per heavy atom. The number of rotatable bonds is 6. The van der Waals surface area contributed by atoms with E-state index in [4.69, 9.17) is 10.5 Å². The fraction of sp³-hybridized carbons (Fsp3) is 0.500. The zero-order chi connectivity index (χ0) is 18.4. The van der Waals surface area contributed by atoms with Crippen LogP contribution in [0, 0.1) is 5.92 Å². The van der Waals surface area contributed by atoms with Gasteiger partial charge >= 0.3 is 0 Å². The Labute approximate surface area is 147 Å². The van der Waals surface area contributed by atoms with E-state index in [9.17, 15) is 14.4 Å². The van der Waals surface area contributed by atoms with Gasteiger partial charge < -0.3 is 20.7 Å². The van der Waals surface area contributed by atoms with Gasteiger partial charge in [-0.3, -0.25) is 14.4 Å². The lowest BCUT2D eigenvalue weighted by Gasteiger charge is -2.35. The molecule has 0 spiro atoms. The maximum Gasteiger partial charge on any atom is 0.248 e. The number of hydrogen-bond acceptors (Lipinski definition) is 4. The summed E-state index contributed by atoms with van der Waals surface area (Å²) in [4.78, 5) is 37.9. The number of ether oxygens (including phenoxy) is 1. The fourth-order valence-electron chi connectivity index (χ4n) is 2.74. The van der Waals surface area contributed by atoms with E-state index < -0.39 is 18.1 Å². The molecule has 3 N–H and O–H groups in total. The van der Waals surface area contributed by atoms with Gasteiger partial charge in [0.05, 0.1) is 19.6 Å². The van der Waals surface area contributed by atoms with Crippen molar-refractivity contribution in [1.29, 1.82) is 0 Å². The van der Waals surface area contributed by atoms with E-state index in [-0.39, 0.29) is 37.3 Å². The number of carbonyl (C=O) groups excluding carboxylic acids is 3. The SMILES string of the molecule is CC(C)C(NC(=O)Cc1ccccc1)C(=O)N1CCOC(C(N)=O)C1. The molecule has 0 radical (unpaired) electrons. The molecular weight excluding hydrogens is 322 g/mol. The van der Waals surface area contributed by atoms with Gasteiger partial charge in [0.2, 0.25) is 17.7 Å². The molecule has 2 atom stereocenters. The number of nitrogens with one attached hydrogen (secondary N) is 1. The highest BCUT2D eigenvalue weighted by molar-refractivity contribution is 5.89. The first-order valence-corrected chi connectivity index (χ1v) is 8.41. The minimum Gasteiger partial charge on any atom is -0.367 e. The van der Waals surface area contributed by atoms with Crippen molar-refractivity contribution in [3.05, 3.63) is 35.9 Å². The van der Waals surface area contributed by atoms with Crippen LogP contribution in [0.2, 0.25) is 0 Å². The van der Waals surface area contributed by atoms with Crippen LogP contribution in [-0.2, 0) is 25.5 Å². The summed E-state index contributed by atoms with van der Waals surface area (Å²) in [5, 5.41) is 2.82. The third kappa shape index (κ3) is 5.29. The second kappa shape index (κ2) is 8.62. The number of nitrogens with two attached hydrogens (primary N) is 1. The molecule has 3 amide bonds. The summed E-state index contributed by atoms with van der Waals surface area (Å²) in [7, 11) is 0. The molecule has 0 aliphatic carbocycles. The summed E-state index contributed by atoms with van der Waals surface area (Å²) in [6.45, 7) is 4.49. The Kier molecular flexibility index (Phi) is 6.52. The number of primary amides is 1. The maximum absolute atomic E-state index is 12.8. The quantitative estimate of drug-likeness (QED) is 0.761. The molecule has 1 aromatic rings. The number of amides is 3. The molecular formula is C18H25N3O4. The van der Waals surface area contributed by atoms with Gasteiger partial charge in [-0.15, -0.1) is 0 Å². The smallest absolute Gasteiger partial charge is 0.248 e. The van der Waals surface area contributed by atoms with E-state index >= 15 is 0 Å². The van der Waals surface area contributed by atoms with Crippen molar-refractivity contribution in [1.82, 2.24) is 10.2 Å². The van der Waals surface area contributed by atoms with Gasteiger partial charge in [-0.25, -0.2) is 0 Å². The van der Waals surface area contributed by atoms with Crippen LogP contribution in [0.25, 0.3) is 0 Å². The lowest BCUT2D eigenvalue weighted by Crippen LogP contribution is -2.57. The van der Waals surface area contributed by atoms with E-state index in [2.05, 4.69) is 5.32 Å². The molecule has 1 saturated heterocycles. The normalized spacial score (nSPS) is 18.7. The predicted molar refractivity (Wildman–Crippen MR) is 92.4 cm³/mol. The Balaban J connectivity index is 2.00.